The Morgan fingerprint density at radius 3 is 2.86 bits per heavy atom. The van der Waals surface area contributed by atoms with Gasteiger partial charge in [-0.2, -0.15) is 5.10 Å². The normalized spacial score (nSPS) is 10.9. The number of imidazole rings is 1. The fourth-order valence-electron chi connectivity index (χ4n) is 1.52. The van der Waals surface area contributed by atoms with Gasteiger partial charge in [0.05, 0.1) is 0 Å². The van der Waals surface area contributed by atoms with Gasteiger partial charge >= 0.3 is 0 Å². The van der Waals surface area contributed by atoms with Crippen molar-refractivity contribution in [3.05, 3.63) is 49.1 Å². The Bertz CT molecular complexity index is 550. The first kappa shape index (κ1) is 7.32. The summed E-state index contributed by atoms with van der Waals surface area (Å²) in [7, 11) is 0. The summed E-state index contributed by atoms with van der Waals surface area (Å²) in [6, 6.07) is 7.84. The number of aromatic nitrogens is 4. The molecular formula is C10H8N4. The van der Waals surface area contributed by atoms with Crippen molar-refractivity contribution in [2.75, 3.05) is 0 Å². The minimum atomic E-state index is 0.929. The molecule has 4 heteroatoms. The van der Waals surface area contributed by atoms with Crippen molar-refractivity contribution in [3.63, 3.8) is 0 Å². The Morgan fingerprint density at radius 2 is 2.00 bits per heavy atom. The van der Waals surface area contributed by atoms with Crippen LogP contribution < -0.4 is 0 Å². The minimum Gasteiger partial charge on any atom is -0.284 e. The van der Waals surface area contributed by atoms with Gasteiger partial charge in [-0.1, -0.05) is 6.07 Å². The lowest BCUT2D eigenvalue weighted by Crippen LogP contribution is -2.01. The van der Waals surface area contributed by atoms with Crippen LogP contribution in [0.15, 0.2) is 49.1 Å². The topological polar surface area (TPSA) is 35.1 Å². The molecule has 0 saturated carbocycles. The summed E-state index contributed by atoms with van der Waals surface area (Å²) in [5.74, 6) is 0.991. The van der Waals surface area contributed by atoms with Crippen LogP contribution in [0.1, 0.15) is 0 Å². The summed E-state index contributed by atoms with van der Waals surface area (Å²) in [4.78, 5) is 4.21. The van der Waals surface area contributed by atoms with E-state index in [1.807, 2.05) is 45.7 Å². The molecule has 3 aromatic rings. The van der Waals surface area contributed by atoms with Gasteiger partial charge in [-0.25, -0.2) is 9.67 Å². The van der Waals surface area contributed by atoms with E-state index in [9.17, 15) is 0 Å². The average molecular weight is 184 g/mol. The highest BCUT2D eigenvalue weighted by molar-refractivity contribution is 5.44. The zero-order valence-electron chi connectivity index (χ0n) is 7.41. The van der Waals surface area contributed by atoms with Gasteiger partial charge < -0.3 is 0 Å². The van der Waals surface area contributed by atoms with Crippen LogP contribution >= 0.6 is 0 Å². The summed E-state index contributed by atoms with van der Waals surface area (Å²) in [5, 5.41) is 4.18. The predicted molar refractivity (Wildman–Crippen MR) is 52.3 cm³/mol. The van der Waals surface area contributed by atoms with Gasteiger partial charge in [0, 0.05) is 24.8 Å². The zero-order valence-corrected chi connectivity index (χ0v) is 7.41. The Morgan fingerprint density at radius 1 is 1.00 bits per heavy atom. The molecule has 0 aliphatic heterocycles. The number of fused-ring (bicyclic) bond motifs is 1. The first-order chi connectivity index (χ1) is 6.95. The molecule has 4 nitrogen and oxygen atoms in total. The molecule has 0 bridgehead atoms. The molecule has 0 saturated heterocycles. The third kappa shape index (κ3) is 0.939. The van der Waals surface area contributed by atoms with E-state index in [0.29, 0.717) is 0 Å². The monoisotopic (exact) mass is 184 g/mol. The second-order valence-corrected chi connectivity index (χ2v) is 2.99. The third-order valence-corrected chi connectivity index (χ3v) is 2.15. The molecule has 0 radical (unpaired) electrons. The lowest BCUT2D eigenvalue weighted by molar-refractivity contribution is 0.829. The molecule has 3 rings (SSSR count). The molecule has 0 amide bonds. The highest BCUT2D eigenvalue weighted by Gasteiger charge is 2.01. The van der Waals surface area contributed by atoms with Crippen LogP contribution in [0.3, 0.4) is 0 Å². The zero-order chi connectivity index (χ0) is 9.38. The highest BCUT2D eigenvalue weighted by atomic mass is 15.3. The van der Waals surface area contributed by atoms with Crippen molar-refractivity contribution >= 4 is 5.65 Å². The Labute approximate surface area is 80.4 Å². The molecule has 68 valence electrons. The van der Waals surface area contributed by atoms with Gasteiger partial charge in [-0.15, -0.1) is 0 Å². The maximum absolute atomic E-state index is 4.21. The number of pyridine rings is 1. The molecule has 0 atom stereocenters. The Kier molecular flexibility index (Phi) is 1.41. The smallest absolute Gasteiger partial charge is 0.139 e. The standard InChI is InChI=1S/C10H8N4/c1-3-9-11-6-8-13(9)10(4-1)14-7-2-5-12-14/h1-8H. The van der Waals surface area contributed by atoms with E-state index < -0.39 is 0 Å². The number of hydrogen-bond donors (Lipinski definition) is 0. The van der Waals surface area contributed by atoms with Crippen LogP contribution in [0.4, 0.5) is 0 Å². The highest BCUT2D eigenvalue weighted by Crippen LogP contribution is 2.09. The van der Waals surface area contributed by atoms with Crippen molar-refractivity contribution in [1.82, 2.24) is 19.2 Å². The Hall–Kier alpha value is -2.10. The lowest BCUT2D eigenvalue weighted by Gasteiger charge is -2.03. The molecule has 3 aromatic heterocycles. The minimum absolute atomic E-state index is 0.929. The summed E-state index contributed by atoms with van der Waals surface area (Å²) < 4.78 is 3.81. The van der Waals surface area contributed by atoms with Crippen LogP contribution in [0.25, 0.3) is 11.5 Å². The van der Waals surface area contributed by atoms with Gasteiger partial charge in [0.1, 0.15) is 11.5 Å². The van der Waals surface area contributed by atoms with E-state index in [-0.39, 0.29) is 0 Å². The van der Waals surface area contributed by atoms with Crippen LogP contribution in [0.5, 0.6) is 0 Å². The van der Waals surface area contributed by atoms with Gasteiger partial charge in [0.2, 0.25) is 0 Å². The second-order valence-electron chi connectivity index (χ2n) is 2.99. The van der Waals surface area contributed by atoms with E-state index in [2.05, 4.69) is 10.1 Å². The molecule has 14 heavy (non-hydrogen) atoms. The first-order valence-corrected chi connectivity index (χ1v) is 4.37. The van der Waals surface area contributed by atoms with Crippen LogP contribution in [-0.2, 0) is 0 Å². The molecular weight excluding hydrogens is 176 g/mol. The van der Waals surface area contributed by atoms with Crippen molar-refractivity contribution < 1.29 is 0 Å². The summed E-state index contributed by atoms with van der Waals surface area (Å²) in [5.41, 5.74) is 0.929. The van der Waals surface area contributed by atoms with Crippen LogP contribution in [0, 0.1) is 0 Å². The maximum atomic E-state index is 4.21. The van der Waals surface area contributed by atoms with Crippen molar-refractivity contribution in [3.8, 4) is 5.82 Å². The first-order valence-electron chi connectivity index (χ1n) is 4.37. The van der Waals surface area contributed by atoms with Crippen molar-refractivity contribution in [2.24, 2.45) is 0 Å². The molecule has 0 aromatic carbocycles. The quantitative estimate of drug-likeness (QED) is 0.574. The molecule has 0 aliphatic carbocycles. The maximum Gasteiger partial charge on any atom is 0.139 e. The van der Waals surface area contributed by atoms with E-state index >= 15 is 0 Å². The lowest BCUT2D eigenvalue weighted by atomic mass is 10.4. The van der Waals surface area contributed by atoms with E-state index in [0.717, 1.165) is 11.5 Å². The van der Waals surface area contributed by atoms with Gasteiger partial charge in [-0.3, -0.25) is 4.40 Å². The SMILES string of the molecule is c1cc(-n2cccn2)n2ccnc2c1. The fourth-order valence-corrected chi connectivity index (χ4v) is 1.52. The molecule has 0 spiro atoms. The van der Waals surface area contributed by atoms with Crippen molar-refractivity contribution in [1.29, 1.82) is 0 Å². The second kappa shape index (κ2) is 2.70. The number of nitrogens with zero attached hydrogens (tertiary/aromatic N) is 4. The summed E-state index contributed by atoms with van der Waals surface area (Å²) in [6.45, 7) is 0. The Balaban J connectivity index is 2.36. The number of hydrogen-bond acceptors (Lipinski definition) is 2. The number of rotatable bonds is 1. The molecule has 0 N–H and O–H groups in total. The molecule has 0 fully saturated rings. The van der Waals surface area contributed by atoms with Gasteiger partial charge in [0.15, 0.2) is 0 Å². The third-order valence-electron chi connectivity index (χ3n) is 2.15. The largest absolute Gasteiger partial charge is 0.284 e. The van der Waals surface area contributed by atoms with Crippen LogP contribution in [-0.4, -0.2) is 19.2 Å². The molecule has 3 heterocycles. The van der Waals surface area contributed by atoms with E-state index in [1.54, 1.807) is 12.4 Å². The van der Waals surface area contributed by atoms with Gasteiger partial charge in [0.25, 0.3) is 0 Å². The predicted octanol–water partition coefficient (Wildman–Crippen LogP) is 1.52. The van der Waals surface area contributed by atoms with E-state index in [4.69, 9.17) is 0 Å². The van der Waals surface area contributed by atoms with Gasteiger partial charge in [-0.05, 0) is 18.2 Å². The molecule has 0 unspecified atom stereocenters. The van der Waals surface area contributed by atoms with Crippen molar-refractivity contribution in [2.45, 2.75) is 0 Å². The fraction of sp³-hybridized carbons (Fsp3) is 0. The summed E-state index contributed by atoms with van der Waals surface area (Å²) in [6.07, 6.45) is 7.37. The van der Waals surface area contributed by atoms with E-state index in [1.165, 1.54) is 0 Å². The summed E-state index contributed by atoms with van der Waals surface area (Å²) >= 11 is 0. The van der Waals surface area contributed by atoms with Crippen LogP contribution in [0.2, 0.25) is 0 Å². The molecule has 0 aliphatic rings. The average Bonchev–Trinajstić information content (AvgIpc) is 2.88.